The van der Waals surface area contributed by atoms with Crippen molar-refractivity contribution in [1.29, 1.82) is 0 Å². The second-order valence-electron chi connectivity index (χ2n) is 9.24. The van der Waals surface area contributed by atoms with Gasteiger partial charge in [0.2, 0.25) is 11.8 Å². The van der Waals surface area contributed by atoms with E-state index in [1.807, 2.05) is 40.1 Å². The van der Waals surface area contributed by atoms with Crippen molar-refractivity contribution in [2.45, 2.75) is 58.8 Å². The van der Waals surface area contributed by atoms with Crippen molar-refractivity contribution in [3.63, 3.8) is 0 Å². The maximum absolute atomic E-state index is 13.1. The molecule has 1 aromatic rings. The summed E-state index contributed by atoms with van der Waals surface area (Å²) >= 11 is 0. The molecule has 5 nitrogen and oxygen atoms in total. The number of hydrogen-bond donors (Lipinski definition) is 0. The molecule has 0 saturated carbocycles. The zero-order chi connectivity index (χ0) is 20.7. The molecular formula is C24H36N2O3. The quantitative estimate of drug-likeness (QED) is 0.692. The van der Waals surface area contributed by atoms with Gasteiger partial charge in [0.15, 0.2) is 0 Å². The van der Waals surface area contributed by atoms with Gasteiger partial charge in [-0.15, -0.1) is 0 Å². The van der Waals surface area contributed by atoms with Gasteiger partial charge in [-0.3, -0.25) is 9.59 Å². The standard InChI is InChI=1S/C24H36N2O3/c1-20(2)16-22(27)26-15-9-12-24(18-26,19-29-21-10-5-3-6-11-21)17-23(28)25-13-7-4-8-14-25/h3,5-6,10-11,20H,4,7-9,12-19H2,1-2H3/t24-/m0/s1. The van der Waals surface area contributed by atoms with E-state index in [1.165, 1.54) is 6.42 Å². The molecule has 2 saturated heterocycles. The number of amides is 2. The molecule has 0 bridgehead atoms. The molecule has 2 aliphatic rings. The van der Waals surface area contributed by atoms with Crippen LogP contribution in [0, 0.1) is 11.3 Å². The van der Waals surface area contributed by atoms with Crippen LogP contribution in [0.5, 0.6) is 5.75 Å². The minimum Gasteiger partial charge on any atom is -0.493 e. The van der Waals surface area contributed by atoms with Crippen molar-refractivity contribution in [1.82, 2.24) is 9.80 Å². The summed E-state index contributed by atoms with van der Waals surface area (Å²) in [6, 6.07) is 9.78. The average Bonchev–Trinajstić information content (AvgIpc) is 2.73. The molecule has 29 heavy (non-hydrogen) atoms. The van der Waals surface area contributed by atoms with E-state index >= 15 is 0 Å². The number of para-hydroxylation sites is 1. The molecule has 2 heterocycles. The predicted molar refractivity (Wildman–Crippen MR) is 115 cm³/mol. The maximum atomic E-state index is 13.1. The Morgan fingerprint density at radius 1 is 0.966 bits per heavy atom. The summed E-state index contributed by atoms with van der Waals surface area (Å²) < 4.78 is 6.14. The molecule has 0 unspecified atom stereocenters. The van der Waals surface area contributed by atoms with Crippen LogP contribution >= 0.6 is 0 Å². The molecule has 0 spiro atoms. The minimum absolute atomic E-state index is 0.203. The summed E-state index contributed by atoms with van der Waals surface area (Å²) in [6.45, 7) is 7.76. The van der Waals surface area contributed by atoms with Crippen molar-refractivity contribution < 1.29 is 14.3 Å². The van der Waals surface area contributed by atoms with E-state index in [9.17, 15) is 9.59 Å². The van der Waals surface area contributed by atoms with Gasteiger partial charge in [-0.05, 0) is 50.2 Å². The monoisotopic (exact) mass is 400 g/mol. The lowest BCUT2D eigenvalue weighted by Crippen LogP contribution is -2.51. The summed E-state index contributed by atoms with van der Waals surface area (Å²) in [4.78, 5) is 29.8. The third-order valence-electron chi connectivity index (χ3n) is 6.12. The fourth-order valence-corrected chi connectivity index (χ4v) is 4.54. The number of rotatable bonds is 7. The van der Waals surface area contributed by atoms with Gasteiger partial charge in [0, 0.05) is 44.4 Å². The van der Waals surface area contributed by atoms with Crippen LogP contribution in [-0.2, 0) is 9.59 Å². The molecule has 1 aromatic carbocycles. The predicted octanol–water partition coefficient (Wildman–Crippen LogP) is 4.12. The Morgan fingerprint density at radius 3 is 2.34 bits per heavy atom. The Morgan fingerprint density at radius 2 is 1.66 bits per heavy atom. The van der Waals surface area contributed by atoms with E-state index in [0.29, 0.717) is 31.9 Å². The first-order chi connectivity index (χ1) is 14.0. The highest BCUT2D eigenvalue weighted by Crippen LogP contribution is 2.36. The second kappa shape index (κ2) is 10.1. The largest absolute Gasteiger partial charge is 0.493 e. The fourth-order valence-electron chi connectivity index (χ4n) is 4.54. The lowest BCUT2D eigenvalue weighted by molar-refractivity contribution is -0.142. The topological polar surface area (TPSA) is 49.9 Å². The molecule has 1 atom stereocenters. The summed E-state index contributed by atoms with van der Waals surface area (Å²) in [5.41, 5.74) is -0.310. The van der Waals surface area contributed by atoms with Crippen LogP contribution in [0.1, 0.15) is 58.8 Å². The summed E-state index contributed by atoms with van der Waals surface area (Å²) in [5, 5.41) is 0. The minimum atomic E-state index is -0.310. The summed E-state index contributed by atoms with van der Waals surface area (Å²) in [7, 11) is 0. The Kier molecular flexibility index (Phi) is 7.57. The Hall–Kier alpha value is -2.04. The van der Waals surface area contributed by atoms with Gasteiger partial charge in [0.25, 0.3) is 0 Å². The van der Waals surface area contributed by atoms with E-state index in [0.717, 1.165) is 51.1 Å². The highest BCUT2D eigenvalue weighted by atomic mass is 16.5. The van der Waals surface area contributed by atoms with E-state index < -0.39 is 0 Å². The molecule has 2 aliphatic heterocycles. The molecule has 160 valence electrons. The van der Waals surface area contributed by atoms with Crippen molar-refractivity contribution in [2.75, 3.05) is 32.8 Å². The van der Waals surface area contributed by atoms with Crippen molar-refractivity contribution >= 4 is 11.8 Å². The lowest BCUT2D eigenvalue weighted by Gasteiger charge is -2.43. The van der Waals surface area contributed by atoms with Crippen LogP contribution in [0.15, 0.2) is 30.3 Å². The smallest absolute Gasteiger partial charge is 0.223 e. The van der Waals surface area contributed by atoms with Crippen molar-refractivity contribution in [2.24, 2.45) is 11.3 Å². The molecule has 0 N–H and O–H groups in total. The molecule has 3 rings (SSSR count). The van der Waals surface area contributed by atoms with Crippen molar-refractivity contribution in [3.05, 3.63) is 30.3 Å². The number of piperidine rings is 2. The van der Waals surface area contributed by atoms with Gasteiger partial charge in [-0.2, -0.15) is 0 Å². The second-order valence-corrected chi connectivity index (χ2v) is 9.24. The third kappa shape index (κ3) is 6.22. The molecule has 5 heteroatoms. The van der Waals surface area contributed by atoms with E-state index in [2.05, 4.69) is 13.8 Å². The van der Waals surface area contributed by atoms with Gasteiger partial charge < -0.3 is 14.5 Å². The normalized spacial score (nSPS) is 22.6. The van der Waals surface area contributed by atoms with Crippen LogP contribution in [0.4, 0.5) is 0 Å². The molecular weight excluding hydrogens is 364 g/mol. The van der Waals surface area contributed by atoms with Crippen LogP contribution in [0.3, 0.4) is 0 Å². The number of carbonyl (C=O) groups is 2. The van der Waals surface area contributed by atoms with Gasteiger partial charge in [0.05, 0.1) is 6.61 Å². The van der Waals surface area contributed by atoms with Crippen LogP contribution in [-0.4, -0.2) is 54.4 Å². The number of ether oxygens (including phenoxy) is 1. The number of carbonyl (C=O) groups excluding carboxylic acids is 2. The van der Waals surface area contributed by atoms with Crippen LogP contribution in [0.2, 0.25) is 0 Å². The summed E-state index contributed by atoms with van der Waals surface area (Å²) in [6.07, 6.45) is 6.28. The zero-order valence-electron chi connectivity index (χ0n) is 18.1. The molecule has 2 amide bonds. The zero-order valence-corrected chi connectivity index (χ0v) is 18.1. The highest BCUT2D eigenvalue weighted by Gasteiger charge is 2.41. The first-order valence-corrected chi connectivity index (χ1v) is 11.2. The van der Waals surface area contributed by atoms with Gasteiger partial charge in [-0.25, -0.2) is 0 Å². The third-order valence-corrected chi connectivity index (χ3v) is 6.12. The van der Waals surface area contributed by atoms with E-state index in [-0.39, 0.29) is 17.2 Å². The van der Waals surface area contributed by atoms with Gasteiger partial charge in [-0.1, -0.05) is 32.0 Å². The van der Waals surface area contributed by atoms with Crippen LogP contribution < -0.4 is 4.74 Å². The SMILES string of the molecule is CC(C)CC(=O)N1CCC[C@](COc2ccccc2)(CC(=O)N2CCCCC2)C1. The number of likely N-dealkylation sites (tertiary alicyclic amines) is 2. The highest BCUT2D eigenvalue weighted by molar-refractivity contribution is 5.78. The molecule has 0 aromatic heterocycles. The maximum Gasteiger partial charge on any atom is 0.223 e. The number of hydrogen-bond acceptors (Lipinski definition) is 3. The molecule has 2 fully saturated rings. The van der Waals surface area contributed by atoms with Crippen LogP contribution in [0.25, 0.3) is 0 Å². The average molecular weight is 401 g/mol. The van der Waals surface area contributed by atoms with E-state index in [4.69, 9.17) is 4.74 Å². The molecule has 0 radical (unpaired) electrons. The lowest BCUT2D eigenvalue weighted by atomic mass is 9.77. The van der Waals surface area contributed by atoms with Gasteiger partial charge >= 0.3 is 0 Å². The first kappa shape index (κ1) is 21.7. The van der Waals surface area contributed by atoms with Crippen molar-refractivity contribution in [3.8, 4) is 5.75 Å². The van der Waals surface area contributed by atoms with Gasteiger partial charge in [0.1, 0.15) is 5.75 Å². The molecule has 0 aliphatic carbocycles. The Bertz CT molecular complexity index is 670. The fraction of sp³-hybridized carbons (Fsp3) is 0.667. The Labute approximate surface area is 175 Å². The first-order valence-electron chi connectivity index (χ1n) is 11.2. The number of nitrogens with zero attached hydrogens (tertiary/aromatic N) is 2. The Balaban J connectivity index is 1.72. The number of benzene rings is 1. The van der Waals surface area contributed by atoms with E-state index in [1.54, 1.807) is 0 Å². The summed E-state index contributed by atoms with van der Waals surface area (Å²) in [5.74, 6) is 1.59.